The lowest BCUT2D eigenvalue weighted by Gasteiger charge is -2.37. The Kier molecular flexibility index (Phi) is 4.99. The molecule has 160 valence electrons. The molecule has 1 fully saturated rings. The number of amides is 1. The minimum Gasteiger partial charge on any atom is -0.508 e. The first kappa shape index (κ1) is 19.4. The van der Waals surface area contributed by atoms with Crippen LogP contribution in [0.3, 0.4) is 0 Å². The number of carbonyl (C=O) groups excluding carboxylic acids is 1. The number of rotatable bonds is 3. The molecule has 3 heterocycles. The van der Waals surface area contributed by atoms with Crippen molar-refractivity contribution in [2.45, 2.75) is 12.6 Å². The molecule has 5 rings (SSSR count). The molecule has 0 unspecified atom stereocenters. The average Bonchev–Trinajstić information content (AvgIpc) is 2.78. The summed E-state index contributed by atoms with van der Waals surface area (Å²) in [5.41, 5.74) is 0.759. The highest BCUT2D eigenvalue weighted by Crippen LogP contribution is 2.31. The number of phenols is 1. The molecule has 1 saturated heterocycles. The van der Waals surface area contributed by atoms with Crippen LogP contribution >= 0.6 is 0 Å². The van der Waals surface area contributed by atoms with Gasteiger partial charge in [0.1, 0.15) is 17.9 Å². The van der Waals surface area contributed by atoms with Crippen LogP contribution in [-0.2, 0) is 11.3 Å². The topological polar surface area (TPSA) is 92.5 Å². The standard InChI is InChI=1S/C23H22N2O6/c26-16-5-6-17-15(11-22(27)31-20(17)12-16)13-24-7-9-25(10-8-24)23(28)21-14-29-18-3-1-2-4-19(18)30-21/h1-6,11-12,21,26H,7-10,13-14H2/t21-/m1/s1. The Labute approximate surface area is 178 Å². The molecule has 1 atom stereocenters. The zero-order chi connectivity index (χ0) is 21.4. The summed E-state index contributed by atoms with van der Waals surface area (Å²) in [6.07, 6.45) is -0.642. The van der Waals surface area contributed by atoms with Gasteiger partial charge < -0.3 is 23.9 Å². The number of piperazine rings is 1. The number of nitrogens with zero attached hydrogens (tertiary/aromatic N) is 2. The largest absolute Gasteiger partial charge is 0.508 e. The van der Waals surface area contributed by atoms with Crippen molar-refractivity contribution in [2.75, 3.05) is 32.8 Å². The average molecular weight is 422 g/mol. The lowest BCUT2D eigenvalue weighted by Crippen LogP contribution is -2.53. The second-order valence-corrected chi connectivity index (χ2v) is 7.74. The monoisotopic (exact) mass is 422 g/mol. The van der Waals surface area contributed by atoms with Gasteiger partial charge in [0.05, 0.1) is 0 Å². The zero-order valence-corrected chi connectivity index (χ0v) is 16.8. The first-order valence-corrected chi connectivity index (χ1v) is 10.2. The van der Waals surface area contributed by atoms with Crippen molar-refractivity contribution in [1.29, 1.82) is 0 Å². The van der Waals surface area contributed by atoms with Gasteiger partial charge in [0.15, 0.2) is 11.5 Å². The summed E-state index contributed by atoms with van der Waals surface area (Å²) in [5, 5.41) is 10.4. The summed E-state index contributed by atoms with van der Waals surface area (Å²) in [7, 11) is 0. The van der Waals surface area contributed by atoms with Crippen LogP contribution in [0, 0.1) is 0 Å². The molecule has 8 nitrogen and oxygen atoms in total. The summed E-state index contributed by atoms with van der Waals surface area (Å²) < 4.78 is 16.7. The van der Waals surface area contributed by atoms with E-state index in [1.54, 1.807) is 23.1 Å². The smallest absolute Gasteiger partial charge is 0.336 e. The maximum Gasteiger partial charge on any atom is 0.336 e. The minimum absolute atomic E-state index is 0.0523. The van der Waals surface area contributed by atoms with Crippen LogP contribution in [-0.4, -0.2) is 59.7 Å². The zero-order valence-electron chi connectivity index (χ0n) is 16.8. The number of benzene rings is 2. The number of aromatic hydroxyl groups is 1. The SMILES string of the molecule is O=C([C@H]1COc2ccccc2O1)N1CCN(Cc2cc(=O)oc3cc(O)ccc23)CC1. The van der Waals surface area contributed by atoms with Crippen molar-refractivity contribution in [3.63, 3.8) is 0 Å². The molecule has 2 aliphatic heterocycles. The molecule has 1 amide bonds. The van der Waals surface area contributed by atoms with Crippen LogP contribution < -0.4 is 15.1 Å². The van der Waals surface area contributed by atoms with Crippen LogP contribution in [0.4, 0.5) is 0 Å². The second-order valence-electron chi connectivity index (χ2n) is 7.74. The lowest BCUT2D eigenvalue weighted by molar-refractivity contribution is -0.143. The van der Waals surface area contributed by atoms with Gasteiger partial charge in [-0.15, -0.1) is 0 Å². The number of carbonyl (C=O) groups is 1. The molecule has 0 radical (unpaired) electrons. The van der Waals surface area contributed by atoms with E-state index < -0.39 is 11.7 Å². The van der Waals surface area contributed by atoms with Gasteiger partial charge in [0, 0.05) is 50.2 Å². The number of para-hydroxylation sites is 2. The molecule has 31 heavy (non-hydrogen) atoms. The molecule has 0 saturated carbocycles. The number of fused-ring (bicyclic) bond motifs is 2. The molecule has 2 aliphatic rings. The van der Waals surface area contributed by atoms with Crippen LogP contribution in [0.1, 0.15) is 5.56 Å². The fourth-order valence-corrected chi connectivity index (χ4v) is 4.06. The second kappa shape index (κ2) is 7.96. The van der Waals surface area contributed by atoms with Crippen molar-refractivity contribution < 1.29 is 23.8 Å². The predicted molar refractivity (Wildman–Crippen MR) is 112 cm³/mol. The molecule has 0 aliphatic carbocycles. The van der Waals surface area contributed by atoms with Gasteiger partial charge in [-0.25, -0.2) is 4.79 Å². The van der Waals surface area contributed by atoms with E-state index >= 15 is 0 Å². The third-order valence-electron chi connectivity index (χ3n) is 5.68. The fraction of sp³-hybridized carbons (Fsp3) is 0.304. The Morgan fingerprint density at radius 1 is 1.03 bits per heavy atom. The number of phenolic OH excluding ortho intramolecular Hbond substituents is 1. The van der Waals surface area contributed by atoms with Crippen molar-refractivity contribution in [2.24, 2.45) is 0 Å². The Balaban J connectivity index is 1.23. The summed E-state index contributed by atoms with van der Waals surface area (Å²) >= 11 is 0. The van der Waals surface area contributed by atoms with E-state index in [1.807, 2.05) is 18.2 Å². The Morgan fingerprint density at radius 2 is 1.81 bits per heavy atom. The van der Waals surface area contributed by atoms with Gasteiger partial charge in [-0.3, -0.25) is 9.69 Å². The molecule has 1 N–H and O–H groups in total. The van der Waals surface area contributed by atoms with E-state index in [-0.39, 0.29) is 18.3 Å². The quantitative estimate of drug-likeness (QED) is 0.645. The van der Waals surface area contributed by atoms with Gasteiger partial charge >= 0.3 is 5.63 Å². The molecule has 0 bridgehead atoms. The normalized spacial score (nSPS) is 18.8. The molecule has 1 aromatic heterocycles. The van der Waals surface area contributed by atoms with E-state index in [4.69, 9.17) is 13.9 Å². The van der Waals surface area contributed by atoms with Gasteiger partial charge in [-0.2, -0.15) is 0 Å². The molecule has 3 aromatic rings. The molecular weight excluding hydrogens is 400 g/mol. The summed E-state index contributed by atoms with van der Waals surface area (Å²) in [4.78, 5) is 28.8. The highest BCUT2D eigenvalue weighted by molar-refractivity contribution is 5.82. The van der Waals surface area contributed by atoms with Crippen LogP contribution in [0.15, 0.2) is 57.7 Å². The first-order chi connectivity index (χ1) is 15.1. The molecule has 8 heteroatoms. The van der Waals surface area contributed by atoms with Crippen LogP contribution in [0.2, 0.25) is 0 Å². The number of ether oxygens (including phenoxy) is 2. The van der Waals surface area contributed by atoms with Crippen molar-refractivity contribution >= 4 is 16.9 Å². The van der Waals surface area contributed by atoms with E-state index in [9.17, 15) is 14.7 Å². The Morgan fingerprint density at radius 3 is 2.61 bits per heavy atom. The van der Waals surface area contributed by atoms with Gasteiger partial charge in [-0.05, 0) is 29.8 Å². The summed E-state index contributed by atoms with van der Waals surface area (Å²) in [6, 6.07) is 13.6. The highest BCUT2D eigenvalue weighted by atomic mass is 16.6. The summed E-state index contributed by atoms with van der Waals surface area (Å²) in [6.45, 7) is 3.26. The van der Waals surface area contributed by atoms with E-state index in [2.05, 4.69) is 4.90 Å². The van der Waals surface area contributed by atoms with Crippen molar-refractivity contribution in [3.8, 4) is 17.2 Å². The third kappa shape index (κ3) is 3.94. The highest BCUT2D eigenvalue weighted by Gasteiger charge is 2.32. The maximum absolute atomic E-state index is 12.9. The Bertz CT molecular complexity index is 1180. The summed E-state index contributed by atoms with van der Waals surface area (Å²) in [5.74, 6) is 1.22. The minimum atomic E-state index is -0.642. The van der Waals surface area contributed by atoms with E-state index in [1.165, 1.54) is 12.1 Å². The maximum atomic E-state index is 12.9. The fourth-order valence-electron chi connectivity index (χ4n) is 4.06. The van der Waals surface area contributed by atoms with Gasteiger partial charge in [-0.1, -0.05) is 12.1 Å². The van der Waals surface area contributed by atoms with E-state index in [0.717, 1.165) is 10.9 Å². The number of hydrogen-bond donors (Lipinski definition) is 1. The van der Waals surface area contributed by atoms with Crippen LogP contribution in [0.5, 0.6) is 17.2 Å². The van der Waals surface area contributed by atoms with Gasteiger partial charge in [0.25, 0.3) is 5.91 Å². The van der Waals surface area contributed by atoms with Gasteiger partial charge in [0.2, 0.25) is 6.10 Å². The van der Waals surface area contributed by atoms with Crippen molar-refractivity contribution in [3.05, 3.63) is 64.5 Å². The predicted octanol–water partition coefficient (Wildman–Crippen LogP) is 1.98. The lowest BCUT2D eigenvalue weighted by atomic mass is 10.1. The molecule has 0 spiro atoms. The van der Waals surface area contributed by atoms with E-state index in [0.29, 0.717) is 49.8 Å². The number of hydrogen-bond acceptors (Lipinski definition) is 7. The molecule has 2 aromatic carbocycles. The third-order valence-corrected chi connectivity index (χ3v) is 5.68. The van der Waals surface area contributed by atoms with Crippen molar-refractivity contribution in [1.82, 2.24) is 9.80 Å². The molecular formula is C23H22N2O6. The van der Waals surface area contributed by atoms with Crippen LogP contribution in [0.25, 0.3) is 11.0 Å². The Hall–Kier alpha value is -3.52. The first-order valence-electron chi connectivity index (χ1n) is 10.2.